The number of benzene rings is 2. The Morgan fingerprint density at radius 2 is 1.49 bits per heavy atom. The van der Waals surface area contributed by atoms with Gasteiger partial charge >= 0.3 is 0 Å². The highest BCUT2D eigenvalue weighted by Crippen LogP contribution is 2.38. The summed E-state index contributed by atoms with van der Waals surface area (Å²) >= 11 is 11.6. The summed E-state index contributed by atoms with van der Waals surface area (Å²) in [5, 5.41) is 4.40. The third-order valence-electron chi connectivity index (χ3n) is 5.93. The van der Waals surface area contributed by atoms with Crippen LogP contribution >= 0.6 is 23.2 Å². The molecule has 1 fully saturated rings. The number of carbonyl (C=O) groups is 2. The van der Waals surface area contributed by atoms with Gasteiger partial charge in [-0.25, -0.2) is 0 Å². The fourth-order valence-electron chi connectivity index (χ4n) is 4.32. The molecule has 1 aliphatic heterocycles. The van der Waals surface area contributed by atoms with Crippen LogP contribution < -0.4 is 5.32 Å². The fourth-order valence-corrected chi connectivity index (χ4v) is 4.59. The quantitative estimate of drug-likeness (QED) is 0.400. The molecule has 194 valence electrons. The molecule has 0 saturated carbocycles. The molecule has 0 radical (unpaired) electrons. The maximum absolute atomic E-state index is 13.3. The number of likely N-dealkylation sites (tertiary alicyclic amines) is 1. The zero-order chi connectivity index (χ0) is 26.4. The van der Waals surface area contributed by atoms with Crippen molar-refractivity contribution in [3.63, 3.8) is 0 Å². The lowest BCUT2D eigenvalue weighted by Crippen LogP contribution is -2.49. The number of carbonyl (C=O) groups excluding carboxylic acids is 2. The lowest BCUT2D eigenvalue weighted by atomic mass is 9.84. The average Bonchev–Trinajstić information content (AvgIpc) is 2.84. The zero-order valence-electron chi connectivity index (χ0n) is 22.1. The largest absolute Gasteiger partial charge is 0.354 e. The first-order valence-electron chi connectivity index (χ1n) is 12.8. The topological polar surface area (TPSA) is 49.4 Å². The van der Waals surface area contributed by atoms with Gasteiger partial charge in [0.05, 0.1) is 6.04 Å². The lowest BCUT2D eigenvalue weighted by molar-refractivity contribution is -0.148. The maximum Gasteiger partial charge on any atom is 0.226 e. The molecule has 0 bridgehead atoms. The third kappa shape index (κ3) is 10.2. The van der Waals surface area contributed by atoms with E-state index in [9.17, 15) is 9.59 Å². The van der Waals surface area contributed by atoms with Crippen LogP contribution in [0.4, 0.5) is 0 Å². The summed E-state index contributed by atoms with van der Waals surface area (Å²) in [6.07, 6.45) is 3.73. The molecule has 2 amide bonds. The second kappa shape index (κ2) is 16.6. The first-order valence-corrected chi connectivity index (χ1v) is 13.6. The maximum atomic E-state index is 13.3. The van der Waals surface area contributed by atoms with Gasteiger partial charge in [-0.1, -0.05) is 81.2 Å². The molecule has 3 rings (SSSR count). The number of nitrogens with zero attached hydrogens (tertiary/aromatic N) is 1. The van der Waals surface area contributed by atoms with Gasteiger partial charge in [-0.05, 0) is 69.4 Å². The lowest BCUT2D eigenvalue weighted by Gasteiger charge is -2.44. The summed E-state index contributed by atoms with van der Waals surface area (Å²) in [5.41, 5.74) is 1.12. The van der Waals surface area contributed by atoms with Crippen molar-refractivity contribution >= 4 is 35.0 Å². The number of rotatable bonds is 7. The van der Waals surface area contributed by atoms with Crippen molar-refractivity contribution in [3.05, 3.63) is 70.2 Å². The minimum atomic E-state index is -0.224. The van der Waals surface area contributed by atoms with E-state index in [1.54, 1.807) is 0 Å². The van der Waals surface area contributed by atoms with Crippen LogP contribution in [0.2, 0.25) is 10.0 Å². The highest BCUT2D eigenvalue weighted by Gasteiger charge is 2.39. The van der Waals surface area contributed by atoms with Crippen LogP contribution in [-0.4, -0.2) is 28.8 Å². The van der Waals surface area contributed by atoms with Crippen LogP contribution in [0.5, 0.6) is 0 Å². The van der Waals surface area contributed by atoms with Crippen molar-refractivity contribution in [1.29, 1.82) is 0 Å². The van der Waals surface area contributed by atoms with E-state index in [0.717, 1.165) is 36.3 Å². The van der Waals surface area contributed by atoms with Gasteiger partial charge in [0.15, 0.2) is 0 Å². The smallest absolute Gasteiger partial charge is 0.226 e. The van der Waals surface area contributed by atoms with Crippen molar-refractivity contribution in [2.24, 2.45) is 5.92 Å². The van der Waals surface area contributed by atoms with E-state index in [-0.39, 0.29) is 42.3 Å². The molecule has 1 saturated heterocycles. The highest BCUT2D eigenvalue weighted by atomic mass is 35.5. The summed E-state index contributed by atoms with van der Waals surface area (Å²) in [5.74, 6) is -0.144. The van der Waals surface area contributed by atoms with Crippen molar-refractivity contribution in [3.8, 4) is 0 Å². The molecule has 2 aromatic rings. The predicted molar refractivity (Wildman–Crippen MR) is 149 cm³/mol. The molecule has 35 heavy (non-hydrogen) atoms. The van der Waals surface area contributed by atoms with E-state index in [4.69, 9.17) is 23.2 Å². The Morgan fingerprint density at radius 3 is 1.94 bits per heavy atom. The summed E-state index contributed by atoms with van der Waals surface area (Å²) in [6.45, 7) is 12.1. The van der Waals surface area contributed by atoms with E-state index >= 15 is 0 Å². The molecule has 2 unspecified atom stereocenters. The summed E-state index contributed by atoms with van der Waals surface area (Å²) in [6, 6.07) is 17.6. The van der Waals surface area contributed by atoms with Gasteiger partial charge in [-0.2, -0.15) is 0 Å². The monoisotopic (exact) mass is 520 g/mol. The molecular weight excluding hydrogens is 479 g/mol. The average molecular weight is 522 g/mol. The van der Waals surface area contributed by atoms with Crippen LogP contribution in [0.3, 0.4) is 0 Å². The molecule has 2 atom stereocenters. The highest BCUT2D eigenvalue weighted by molar-refractivity contribution is 6.30. The molecule has 1 heterocycles. The van der Waals surface area contributed by atoms with E-state index < -0.39 is 0 Å². The van der Waals surface area contributed by atoms with Crippen LogP contribution in [0.15, 0.2) is 54.6 Å². The van der Waals surface area contributed by atoms with E-state index in [1.807, 2.05) is 87.2 Å². The summed E-state index contributed by atoms with van der Waals surface area (Å²) < 4.78 is 0. The van der Waals surface area contributed by atoms with Gasteiger partial charge in [0.1, 0.15) is 0 Å². The van der Waals surface area contributed by atoms with Crippen molar-refractivity contribution < 1.29 is 9.59 Å². The second-order valence-electron chi connectivity index (χ2n) is 8.78. The number of nitrogens with one attached hydrogen (secondary N) is 1. The third-order valence-corrected chi connectivity index (χ3v) is 6.44. The molecule has 1 aliphatic rings. The molecule has 0 spiro atoms. The Bertz CT molecular complexity index is 868. The zero-order valence-corrected chi connectivity index (χ0v) is 23.6. The molecule has 6 heteroatoms. The number of piperidine rings is 1. The van der Waals surface area contributed by atoms with E-state index in [2.05, 4.69) is 19.2 Å². The van der Waals surface area contributed by atoms with Gasteiger partial charge < -0.3 is 10.2 Å². The van der Waals surface area contributed by atoms with Gasteiger partial charge in [-0.15, -0.1) is 0 Å². The van der Waals surface area contributed by atoms with Crippen LogP contribution in [0, 0.1) is 5.92 Å². The SMILES string of the molecule is CC.CCC(CC)N1C(=O)C(CC(=O)NC(C)C)CCC1c1ccc(Cl)cc1.Clc1ccccc1. The van der Waals surface area contributed by atoms with Crippen LogP contribution in [-0.2, 0) is 9.59 Å². The number of hydrogen-bond donors (Lipinski definition) is 1. The van der Waals surface area contributed by atoms with Crippen LogP contribution in [0.25, 0.3) is 0 Å². The number of hydrogen-bond acceptors (Lipinski definition) is 2. The molecule has 1 N–H and O–H groups in total. The van der Waals surface area contributed by atoms with Crippen molar-refractivity contribution in [2.45, 2.75) is 91.8 Å². The Morgan fingerprint density at radius 1 is 0.943 bits per heavy atom. The molecule has 4 nitrogen and oxygen atoms in total. The summed E-state index contributed by atoms with van der Waals surface area (Å²) in [7, 11) is 0. The first kappa shape index (κ1) is 31.0. The van der Waals surface area contributed by atoms with Crippen molar-refractivity contribution in [2.75, 3.05) is 0 Å². The standard InChI is InChI=1S/C21H31ClN2O2.C6H5Cl.C2H6/c1-5-18(6-2)24-19(15-7-10-17(22)11-8-15)12-9-16(21(24)26)13-20(25)23-14(3)4;7-6-4-2-1-3-5-6;1-2/h7-8,10-11,14,16,18-19H,5-6,9,12-13H2,1-4H3,(H,23,25);1-5H;1-2H3. The van der Waals surface area contributed by atoms with E-state index in [0.29, 0.717) is 5.02 Å². The Labute approximate surface area is 222 Å². The number of halogens is 2. The van der Waals surface area contributed by atoms with Gasteiger partial charge in [0, 0.05) is 34.5 Å². The van der Waals surface area contributed by atoms with Gasteiger partial charge in [0.2, 0.25) is 11.8 Å². The van der Waals surface area contributed by atoms with Gasteiger partial charge in [-0.3, -0.25) is 9.59 Å². The first-order chi connectivity index (χ1) is 16.8. The van der Waals surface area contributed by atoms with Gasteiger partial charge in [0.25, 0.3) is 0 Å². The molecule has 2 aromatic carbocycles. The normalized spacial score (nSPS) is 17.3. The predicted octanol–water partition coefficient (Wildman–Crippen LogP) is 8.09. The Hall–Kier alpha value is -2.04. The molecular formula is C29H42Cl2N2O2. The molecule has 0 aromatic heterocycles. The Balaban J connectivity index is 0.000000574. The summed E-state index contributed by atoms with van der Waals surface area (Å²) in [4.78, 5) is 27.5. The van der Waals surface area contributed by atoms with Crippen molar-refractivity contribution in [1.82, 2.24) is 10.2 Å². The number of amides is 2. The fraction of sp³-hybridized carbons (Fsp3) is 0.517. The minimum absolute atomic E-state index is 0.0345. The minimum Gasteiger partial charge on any atom is -0.354 e. The molecule has 0 aliphatic carbocycles. The second-order valence-corrected chi connectivity index (χ2v) is 9.65. The van der Waals surface area contributed by atoms with Crippen LogP contribution in [0.1, 0.15) is 85.3 Å². The Kier molecular flexibility index (Phi) is 14.7. The van der Waals surface area contributed by atoms with E-state index in [1.165, 1.54) is 0 Å².